The Morgan fingerprint density at radius 2 is 1.88 bits per heavy atom. The van der Waals surface area contributed by atoms with E-state index in [9.17, 15) is 24.5 Å². The van der Waals surface area contributed by atoms with Crippen molar-refractivity contribution in [2.45, 2.75) is 13.0 Å². The molecule has 3 amide bonds. The Labute approximate surface area is 245 Å². The second kappa shape index (κ2) is 11.3. The second-order valence-corrected chi connectivity index (χ2v) is 10.1. The van der Waals surface area contributed by atoms with E-state index in [1.807, 2.05) is 4.90 Å². The molecule has 43 heavy (non-hydrogen) atoms. The minimum Gasteiger partial charge on any atom is -0.479 e. The topological polar surface area (TPSA) is 160 Å². The Balaban J connectivity index is 1.15. The highest BCUT2D eigenvalue weighted by Crippen LogP contribution is 2.32. The van der Waals surface area contributed by atoms with E-state index < -0.39 is 16.9 Å². The summed E-state index contributed by atoms with van der Waals surface area (Å²) in [6, 6.07) is 16.2. The number of piperazine rings is 1. The molecule has 0 aliphatic carbocycles. The lowest BCUT2D eigenvalue weighted by Crippen LogP contribution is -2.48. The monoisotopic (exact) mass is 582 g/mol. The summed E-state index contributed by atoms with van der Waals surface area (Å²) in [5.41, 5.74) is 2.22. The van der Waals surface area contributed by atoms with Crippen molar-refractivity contribution >= 4 is 40.5 Å². The zero-order valence-corrected chi connectivity index (χ0v) is 23.0. The molecular weight excluding hydrogens is 556 g/mol. The third kappa shape index (κ3) is 5.60. The van der Waals surface area contributed by atoms with Gasteiger partial charge in [0.1, 0.15) is 11.3 Å². The number of ether oxygens (including phenoxy) is 1. The maximum Gasteiger partial charge on any atom is 0.282 e. The number of nitrogens with one attached hydrogen (secondary N) is 2. The number of amides is 3. The van der Waals surface area contributed by atoms with Gasteiger partial charge in [-0.1, -0.05) is 12.1 Å². The van der Waals surface area contributed by atoms with E-state index in [1.165, 1.54) is 18.5 Å². The molecule has 3 heterocycles. The van der Waals surface area contributed by atoms with Gasteiger partial charge in [0.15, 0.2) is 18.3 Å². The van der Waals surface area contributed by atoms with Gasteiger partial charge >= 0.3 is 0 Å². The third-order valence-electron chi connectivity index (χ3n) is 7.35. The summed E-state index contributed by atoms with van der Waals surface area (Å²) in [6.07, 6.45) is 2.24. The summed E-state index contributed by atoms with van der Waals surface area (Å²) in [5, 5.41) is 17.3. The van der Waals surface area contributed by atoms with E-state index >= 15 is 0 Å². The van der Waals surface area contributed by atoms with E-state index in [0.29, 0.717) is 65.9 Å². The number of benzene rings is 3. The predicted molar refractivity (Wildman–Crippen MR) is 156 cm³/mol. The zero-order chi connectivity index (χ0) is 30.1. The first kappa shape index (κ1) is 27.4. The molecule has 13 nitrogen and oxygen atoms in total. The summed E-state index contributed by atoms with van der Waals surface area (Å²) in [7, 11) is 0. The average molecular weight is 583 g/mol. The number of hydrogen-bond acceptors (Lipinski definition) is 9. The first-order valence-corrected chi connectivity index (χ1v) is 13.5. The summed E-state index contributed by atoms with van der Waals surface area (Å²) in [5.74, 6) is -0.0684. The first-order chi connectivity index (χ1) is 20.8. The van der Waals surface area contributed by atoms with Crippen LogP contribution in [0.25, 0.3) is 11.3 Å². The number of oxazole rings is 1. The Morgan fingerprint density at radius 3 is 2.63 bits per heavy atom. The molecule has 1 aromatic heterocycles. The van der Waals surface area contributed by atoms with Crippen molar-refractivity contribution in [3.8, 4) is 17.1 Å². The van der Waals surface area contributed by atoms with Crippen molar-refractivity contribution < 1.29 is 28.5 Å². The SMILES string of the molecule is CC1Oc2ccc(C(=O)N3CCN(c4ccc([N+](=O)[O-])c(C(=O)Nc5cccc(-c6cnco6)c5)c4)CC3)cc2NC1=O. The van der Waals surface area contributed by atoms with Crippen molar-refractivity contribution in [1.82, 2.24) is 9.88 Å². The number of nitrogens with zero attached hydrogens (tertiary/aromatic N) is 4. The van der Waals surface area contributed by atoms with Gasteiger partial charge in [-0.25, -0.2) is 4.98 Å². The molecule has 0 bridgehead atoms. The number of nitro benzene ring substituents is 1. The van der Waals surface area contributed by atoms with Crippen LogP contribution in [0.3, 0.4) is 0 Å². The fraction of sp³-hybridized carbons (Fsp3) is 0.200. The van der Waals surface area contributed by atoms with Crippen molar-refractivity contribution in [3.05, 3.63) is 94.5 Å². The second-order valence-electron chi connectivity index (χ2n) is 10.1. The molecule has 2 aliphatic rings. The van der Waals surface area contributed by atoms with Crippen LogP contribution in [-0.2, 0) is 4.79 Å². The lowest BCUT2D eigenvalue weighted by Gasteiger charge is -2.36. The van der Waals surface area contributed by atoms with E-state index in [-0.39, 0.29) is 23.1 Å². The summed E-state index contributed by atoms with van der Waals surface area (Å²) in [6.45, 7) is 3.33. The summed E-state index contributed by atoms with van der Waals surface area (Å²) < 4.78 is 10.9. The lowest BCUT2D eigenvalue weighted by atomic mass is 10.1. The number of fused-ring (bicyclic) bond motifs is 1. The summed E-state index contributed by atoms with van der Waals surface area (Å²) >= 11 is 0. The van der Waals surface area contributed by atoms with Gasteiger partial charge in [0.2, 0.25) is 0 Å². The van der Waals surface area contributed by atoms with E-state index in [1.54, 1.807) is 66.6 Å². The van der Waals surface area contributed by atoms with Gasteiger partial charge in [0.05, 0.1) is 16.8 Å². The van der Waals surface area contributed by atoms with Crippen LogP contribution in [0.5, 0.6) is 5.75 Å². The molecule has 1 unspecified atom stereocenters. The highest BCUT2D eigenvalue weighted by molar-refractivity contribution is 6.08. The van der Waals surface area contributed by atoms with Crippen LogP contribution in [-0.4, -0.2) is 64.8 Å². The van der Waals surface area contributed by atoms with Gasteiger partial charge in [-0.3, -0.25) is 24.5 Å². The van der Waals surface area contributed by atoms with Gasteiger partial charge in [-0.15, -0.1) is 0 Å². The van der Waals surface area contributed by atoms with E-state index in [4.69, 9.17) is 9.15 Å². The number of aromatic nitrogens is 1. The van der Waals surface area contributed by atoms with Crippen LogP contribution < -0.4 is 20.3 Å². The Hall–Kier alpha value is -5.72. The molecule has 1 saturated heterocycles. The maximum absolute atomic E-state index is 13.3. The molecule has 0 spiro atoms. The predicted octanol–water partition coefficient (Wildman–Crippen LogP) is 4.18. The van der Waals surface area contributed by atoms with Crippen molar-refractivity contribution in [2.75, 3.05) is 41.7 Å². The number of carbonyl (C=O) groups is 3. The Bertz CT molecular complexity index is 1730. The highest BCUT2D eigenvalue weighted by Gasteiger charge is 2.28. The van der Waals surface area contributed by atoms with E-state index in [0.717, 1.165) is 0 Å². The molecule has 3 aromatic carbocycles. The van der Waals surface area contributed by atoms with Crippen LogP contribution in [0.15, 0.2) is 77.7 Å². The van der Waals surface area contributed by atoms with Gasteiger partial charge in [-0.05, 0) is 49.4 Å². The minimum absolute atomic E-state index is 0.0845. The van der Waals surface area contributed by atoms with E-state index in [2.05, 4.69) is 15.6 Å². The van der Waals surface area contributed by atoms with Crippen molar-refractivity contribution in [1.29, 1.82) is 0 Å². The van der Waals surface area contributed by atoms with Crippen LogP contribution >= 0.6 is 0 Å². The van der Waals surface area contributed by atoms with Gasteiger partial charge in [-0.2, -0.15) is 0 Å². The molecule has 0 saturated carbocycles. The molecule has 2 aliphatic heterocycles. The molecule has 4 aromatic rings. The fourth-order valence-corrected chi connectivity index (χ4v) is 5.06. The fourth-order valence-electron chi connectivity index (χ4n) is 5.06. The molecule has 2 N–H and O–H groups in total. The first-order valence-electron chi connectivity index (χ1n) is 13.5. The molecule has 1 fully saturated rings. The van der Waals surface area contributed by atoms with Crippen LogP contribution in [0.2, 0.25) is 0 Å². The molecule has 218 valence electrons. The van der Waals surface area contributed by atoms with Crippen molar-refractivity contribution in [3.63, 3.8) is 0 Å². The average Bonchev–Trinajstić information content (AvgIpc) is 3.56. The Morgan fingerprint density at radius 1 is 1.07 bits per heavy atom. The largest absolute Gasteiger partial charge is 0.479 e. The number of carbonyl (C=O) groups excluding carboxylic acids is 3. The molecule has 6 rings (SSSR count). The maximum atomic E-state index is 13.3. The van der Waals surface area contributed by atoms with Gasteiger partial charge in [0.25, 0.3) is 23.4 Å². The minimum atomic E-state index is -0.630. The van der Waals surface area contributed by atoms with Crippen molar-refractivity contribution in [2.24, 2.45) is 0 Å². The molecule has 0 radical (unpaired) electrons. The Kier molecular flexibility index (Phi) is 7.20. The smallest absolute Gasteiger partial charge is 0.282 e. The normalized spacial score (nSPS) is 16.1. The summed E-state index contributed by atoms with van der Waals surface area (Å²) in [4.78, 5) is 57.2. The van der Waals surface area contributed by atoms with Crippen LogP contribution in [0, 0.1) is 10.1 Å². The number of anilines is 3. The number of hydrogen-bond donors (Lipinski definition) is 2. The highest BCUT2D eigenvalue weighted by atomic mass is 16.6. The zero-order valence-electron chi connectivity index (χ0n) is 23.0. The van der Waals surface area contributed by atoms with Gasteiger partial charge in [0, 0.05) is 54.7 Å². The van der Waals surface area contributed by atoms with Crippen LogP contribution in [0.4, 0.5) is 22.7 Å². The third-order valence-corrected chi connectivity index (χ3v) is 7.35. The van der Waals surface area contributed by atoms with Gasteiger partial charge < -0.3 is 29.6 Å². The molecule has 13 heteroatoms. The number of rotatable bonds is 6. The number of nitro groups is 1. The standard InChI is InChI=1S/C30H26N6O7/c1-18-28(37)33-24-14-20(5-8-26(24)43-18)30(39)35-11-9-34(10-12-35)22-6-7-25(36(40)41)23(15-22)29(38)32-21-4-2-3-19(13-21)27-16-31-17-42-27/h2-8,13-18H,9-12H2,1H3,(H,32,38)(H,33,37). The molecule has 1 atom stereocenters. The molecular formula is C30H26N6O7. The van der Waals surface area contributed by atoms with Crippen LogP contribution in [0.1, 0.15) is 27.6 Å². The quantitative estimate of drug-likeness (QED) is 0.251. The lowest BCUT2D eigenvalue weighted by molar-refractivity contribution is -0.385.